The molecule has 0 bridgehead atoms. The average Bonchev–Trinajstić information content (AvgIpc) is 2.91. The molecule has 2 heterocycles. The van der Waals surface area contributed by atoms with Crippen LogP contribution in [0.5, 0.6) is 0 Å². The van der Waals surface area contributed by atoms with Crippen molar-refractivity contribution in [3.05, 3.63) is 50.1 Å². The highest BCUT2D eigenvalue weighted by molar-refractivity contribution is 7.89. The van der Waals surface area contributed by atoms with Crippen LogP contribution in [0.1, 0.15) is 16.8 Å². The SMILES string of the molecule is Cc1ccc(S(=O)(=O)N2CCN(CCn3c(C)csc3=O)CC2)c(C)c1. The number of nitrogens with zero attached hydrogens (tertiary/aromatic N) is 3. The maximum Gasteiger partial charge on any atom is 0.307 e. The van der Waals surface area contributed by atoms with Crippen molar-refractivity contribution < 1.29 is 8.42 Å². The molecular formula is C18H25N3O3S2. The van der Waals surface area contributed by atoms with E-state index in [9.17, 15) is 13.2 Å². The minimum Gasteiger partial charge on any atom is -0.302 e. The number of benzene rings is 1. The lowest BCUT2D eigenvalue weighted by atomic mass is 10.2. The molecule has 2 aromatic rings. The Labute approximate surface area is 158 Å². The fraction of sp³-hybridized carbons (Fsp3) is 0.500. The molecule has 1 aliphatic heterocycles. The number of sulfonamides is 1. The van der Waals surface area contributed by atoms with Gasteiger partial charge in [0.15, 0.2) is 0 Å². The van der Waals surface area contributed by atoms with Gasteiger partial charge in [-0.2, -0.15) is 4.31 Å². The van der Waals surface area contributed by atoms with E-state index in [1.807, 2.05) is 38.3 Å². The molecule has 0 atom stereocenters. The third-order valence-corrected chi connectivity index (χ3v) is 7.84. The molecule has 0 unspecified atom stereocenters. The van der Waals surface area contributed by atoms with Gasteiger partial charge in [-0.3, -0.25) is 9.69 Å². The number of hydrogen-bond acceptors (Lipinski definition) is 5. The van der Waals surface area contributed by atoms with E-state index in [1.54, 1.807) is 14.9 Å². The van der Waals surface area contributed by atoms with Crippen molar-refractivity contribution in [2.45, 2.75) is 32.2 Å². The zero-order valence-corrected chi connectivity index (χ0v) is 17.1. The molecule has 0 radical (unpaired) electrons. The summed E-state index contributed by atoms with van der Waals surface area (Å²) >= 11 is 1.22. The van der Waals surface area contributed by atoms with Gasteiger partial charge in [0.2, 0.25) is 10.0 Å². The number of rotatable bonds is 5. The number of piperazine rings is 1. The van der Waals surface area contributed by atoms with E-state index in [1.165, 1.54) is 11.3 Å². The Kier molecular flexibility index (Phi) is 5.67. The molecule has 1 aromatic heterocycles. The van der Waals surface area contributed by atoms with Crippen LogP contribution in [0.3, 0.4) is 0 Å². The highest BCUT2D eigenvalue weighted by atomic mass is 32.2. The van der Waals surface area contributed by atoms with Gasteiger partial charge in [-0.25, -0.2) is 8.42 Å². The Balaban J connectivity index is 1.62. The van der Waals surface area contributed by atoms with Gasteiger partial charge in [0.05, 0.1) is 4.90 Å². The van der Waals surface area contributed by atoms with Crippen molar-refractivity contribution in [2.24, 2.45) is 0 Å². The number of aromatic nitrogens is 1. The van der Waals surface area contributed by atoms with Crippen molar-refractivity contribution in [3.63, 3.8) is 0 Å². The van der Waals surface area contributed by atoms with Crippen LogP contribution < -0.4 is 4.87 Å². The second-order valence-corrected chi connectivity index (χ2v) is 9.54. The molecule has 0 saturated carbocycles. The summed E-state index contributed by atoms with van der Waals surface area (Å²) in [5.74, 6) is 0. The summed E-state index contributed by atoms with van der Waals surface area (Å²) in [6.45, 7) is 9.48. The van der Waals surface area contributed by atoms with Crippen molar-refractivity contribution in [1.29, 1.82) is 0 Å². The summed E-state index contributed by atoms with van der Waals surface area (Å²) < 4.78 is 29.2. The Bertz CT molecular complexity index is 939. The minimum atomic E-state index is -3.45. The monoisotopic (exact) mass is 395 g/mol. The summed E-state index contributed by atoms with van der Waals surface area (Å²) in [7, 11) is -3.45. The lowest BCUT2D eigenvalue weighted by Gasteiger charge is -2.34. The van der Waals surface area contributed by atoms with Crippen LogP contribution in [0, 0.1) is 20.8 Å². The van der Waals surface area contributed by atoms with Crippen molar-refractivity contribution in [1.82, 2.24) is 13.8 Å². The Morgan fingerprint density at radius 1 is 1.04 bits per heavy atom. The van der Waals surface area contributed by atoms with Crippen LogP contribution >= 0.6 is 11.3 Å². The first-order chi connectivity index (χ1) is 12.3. The maximum absolute atomic E-state index is 12.9. The predicted molar refractivity (Wildman–Crippen MR) is 104 cm³/mol. The number of hydrogen-bond donors (Lipinski definition) is 0. The smallest absolute Gasteiger partial charge is 0.302 e. The van der Waals surface area contributed by atoms with Crippen LogP contribution in [0.25, 0.3) is 0 Å². The van der Waals surface area contributed by atoms with Gasteiger partial charge >= 0.3 is 4.87 Å². The Morgan fingerprint density at radius 3 is 2.31 bits per heavy atom. The van der Waals surface area contributed by atoms with E-state index >= 15 is 0 Å². The lowest BCUT2D eigenvalue weighted by Crippen LogP contribution is -2.49. The molecule has 0 N–H and O–H groups in total. The van der Waals surface area contributed by atoms with Gasteiger partial charge in [-0.15, -0.1) is 0 Å². The van der Waals surface area contributed by atoms with E-state index in [0.717, 1.165) is 23.4 Å². The molecule has 1 saturated heterocycles. The van der Waals surface area contributed by atoms with Gasteiger partial charge in [-0.05, 0) is 32.4 Å². The number of aryl methyl sites for hydroxylation is 3. The molecule has 8 heteroatoms. The molecule has 3 rings (SSSR count). The van der Waals surface area contributed by atoms with E-state index in [-0.39, 0.29) is 4.87 Å². The van der Waals surface area contributed by atoms with Crippen LogP contribution in [0.15, 0.2) is 33.3 Å². The average molecular weight is 396 g/mol. The van der Waals surface area contributed by atoms with Crippen molar-refractivity contribution >= 4 is 21.4 Å². The minimum absolute atomic E-state index is 0.0681. The summed E-state index contributed by atoms with van der Waals surface area (Å²) in [6.07, 6.45) is 0. The molecule has 26 heavy (non-hydrogen) atoms. The highest BCUT2D eigenvalue weighted by Gasteiger charge is 2.29. The molecule has 0 amide bonds. The van der Waals surface area contributed by atoms with E-state index in [4.69, 9.17) is 0 Å². The maximum atomic E-state index is 12.9. The van der Waals surface area contributed by atoms with Gasteiger partial charge in [-0.1, -0.05) is 29.0 Å². The van der Waals surface area contributed by atoms with Gasteiger partial charge < -0.3 is 4.57 Å². The van der Waals surface area contributed by atoms with Crippen LogP contribution in [0.2, 0.25) is 0 Å². The second kappa shape index (κ2) is 7.64. The van der Waals surface area contributed by atoms with Gasteiger partial charge in [0, 0.05) is 50.3 Å². The normalized spacial score (nSPS) is 16.9. The topological polar surface area (TPSA) is 62.6 Å². The van der Waals surface area contributed by atoms with E-state index in [2.05, 4.69) is 4.90 Å². The summed E-state index contributed by atoms with van der Waals surface area (Å²) in [6, 6.07) is 5.46. The predicted octanol–water partition coefficient (Wildman–Crippen LogP) is 1.84. The third kappa shape index (κ3) is 3.93. The molecule has 0 aliphatic carbocycles. The summed E-state index contributed by atoms with van der Waals surface area (Å²) in [5, 5.41) is 1.87. The summed E-state index contributed by atoms with van der Waals surface area (Å²) in [4.78, 5) is 14.5. The molecule has 1 fully saturated rings. The first-order valence-electron chi connectivity index (χ1n) is 8.74. The zero-order valence-electron chi connectivity index (χ0n) is 15.4. The molecule has 142 valence electrons. The zero-order chi connectivity index (χ0) is 18.9. The summed E-state index contributed by atoms with van der Waals surface area (Å²) in [5.41, 5.74) is 2.83. The largest absolute Gasteiger partial charge is 0.307 e. The molecule has 0 spiro atoms. The molecular weight excluding hydrogens is 370 g/mol. The third-order valence-electron chi connectivity index (χ3n) is 4.90. The van der Waals surface area contributed by atoms with Crippen LogP contribution in [0.4, 0.5) is 0 Å². The van der Waals surface area contributed by atoms with Crippen LogP contribution in [-0.2, 0) is 16.6 Å². The van der Waals surface area contributed by atoms with E-state index in [0.29, 0.717) is 37.6 Å². The number of thiazole rings is 1. The second-order valence-electron chi connectivity index (χ2n) is 6.81. The first-order valence-corrected chi connectivity index (χ1v) is 11.1. The van der Waals surface area contributed by atoms with Gasteiger partial charge in [0.1, 0.15) is 0 Å². The standard InChI is InChI=1S/C18H25N3O3S2/c1-14-4-5-17(15(2)12-14)26(23,24)20-9-6-19(7-10-20)8-11-21-16(3)13-25-18(21)22/h4-5,12-13H,6-11H2,1-3H3. The Hall–Kier alpha value is -1.48. The van der Waals surface area contributed by atoms with Crippen molar-refractivity contribution in [3.8, 4) is 0 Å². The molecule has 1 aromatic carbocycles. The fourth-order valence-corrected chi connectivity index (χ4v) is 5.73. The molecule has 1 aliphatic rings. The fourth-order valence-electron chi connectivity index (χ4n) is 3.34. The van der Waals surface area contributed by atoms with Crippen LogP contribution in [-0.4, -0.2) is 54.9 Å². The van der Waals surface area contributed by atoms with Crippen molar-refractivity contribution in [2.75, 3.05) is 32.7 Å². The quantitative estimate of drug-likeness (QED) is 0.775. The molecule has 6 nitrogen and oxygen atoms in total. The van der Waals surface area contributed by atoms with E-state index < -0.39 is 10.0 Å². The highest BCUT2D eigenvalue weighted by Crippen LogP contribution is 2.22. The Morgan fingerprint density at radius 2 is 1.73 bits per heavy atom. The first kappa shape index (κ1) is 19.3. The lowest BCUT2D eigenvalue weighted by molar-refractivity contribution is 0.182. The van der Waals surface area contributed by atoms with Gasteiger partial charge in [0.25, 0.3) is 0 Å².